The minimum absolute atomic E-state index is 0.163. The number of aromatic nitrogens is 1. The molecule has 2 heterocycles. The quantitative estimate of drug-likeness (QED) is 0.914. The molecular weight excluding hydrogens is 289 g/mol. The summed E-state index contributed by atoms with van der Waals surface area (Å²) in [6, 6.07) is 6.16. The van der Waals surface area contributed by atoms with Crippen LogP contribution in [0.15, 0.2) is 35.4 Å². The standard InChI is InChI=1S/C15H14FN3OS/c1-9-8-21-15(18-9)13-12(20)7-19(14(13)17)6-10-2-4-11(16)5-3-10/h2-5,8,17,20H,6-7H2,1H3. The Balaban J connectivity index is 1.80. The SMILES string of the molecule is Cc1csc(C2=C(O)CN(Cc3ccc(F)cc3)C2=N)n1. The largest absolute Gasteiger partial charge is 0.510 e. The fraction of sp³-hybridized carbons (Fsp3) is 0.200. The zero-order chi connectivity index (χ0) is 15.0. The fourth-order valence-electron chi connectivity index (χ4n) is 2.27. The van der Waals surface area contributed by atoms with E-state index in [1.807, 2.05) is 12.3 Å². The van der Waals surface area contributed by atoms with Crippen molar-refractivity contribution in [2.24, 2.45) is 0 Å². The molecule has 6 heteroatoms. The maximum absolute atomic E-state index is 12.9. The molecular formula is C15H14FN3OS. The number of nitrogens with zero attached hydrogens (tertiary/aromatic N) is 2. The summed E-state index contributed by atoms with van der Waals surface area (Å²) >= 11 is 1.42. The third kappa shape index (κ3) is 2.67. The summed E-state index contributed by atoms with van der Waals surface area (Å²) in [4.78, 5) is 6.07. The van der Waals surface area contributed by atoms with Gasteiger partial charge in [0.25, 0.3) is 0 Å². The molecule has 0 radical (unpaired) electrons. The van der Waals surface area contributed by atoms with Gasteiger partial charge in [-0.2, -0.15) is 0 Å². The van der Waals surface area contributed by atoms with Crippen molar-refractivity contribution in [1.29, 1.82) is 5.41 Å². The van der Waals surface area contributed by atoms with Crippen LogP contribution in [0.3, 0.4) is 0 Å². The third-order valence-corrected chi connectivity index (χ3v) is 4.28. The van der Waals surface area contributed by atoms with Gasteiger partial charge >= 0.3 is 0 Å². The van der Waals surface area contributed by atoms with E-state index >= 15 is 0 Å². The molecule has 2 N–H and O–H groups in total. The first-order chi connectivity index (χ1) is 10.0. The van der Waals surface area contributed by atoms with Gasteiger partial charge in [-0.05, 0) is 24.6 Å². The van der Waals surface area contributed by atoms with Gasteiger partial charge in [0, 0.05) is 17.6 Å². The van der Waals surface area contributed by atoms with E-state index in [1.165, 1.54) is 23.5 Å². The molecule has 0 amide bonds. The number of hydrogen-bond donors (Lipinski definition) is 2. The molecule has 0 spiro atoms. The van der Waals surface area contributed by atoms with Crippen LogP contribution in [0.4, 0.5) is 4.39 Å². The Hall–Kier alpha value is -2.21. The van der Waals surface area contributed by atoms with Crippen LogP contribution < -0.4 is 0 Å². The molecule has 0 unspecified atom stereocenters. The molecule has 0 saturated carbocycles. The summed E-state index contributed by atoms with van der Waals surface area (Å²) in [5.74, 6) is 0.137. The highest BCUT2D eigenvalue weighted by Gasteiger charge is 2.29. The van der Waals surface area contributed by atoms with E-state index in [2.05, 4.69) is 4.98 Å². The highest BCUT2D eigenvalue weighted by molar-refractivity contribution is 7.11. The van der Waals surface area contributed by atoms with Gasteiger partial charge < -0.3 is 10.0 Å². The van der Waals surface area contributed by atoms with Crippen molar-refractivity contribution in [3.63, 3.8) is 0 Å². The van der Waals surface area contributed by atoms with Crippen molar-refractivity contribution in [3.05, 3.63) is 57.5 Å². The van der Waals surface area contributed by atoms with E-state index in [-0.39, 0.29) is 24.0 Å². The first-order valence-electron chi connectivity index (χ1n) is 6.47. The van der Waals surface area contributed by atoms with Gasteiger partial charge in [-0.3, -0.25) is 5.41 Å². The van der Waals surface area contributed by atoms with Crippen molar-refractivity contribution in [2.75, 3.05) is 6.54 Å². The van der Waals surface area contributed by atoms with E-state index in [0.29, 0.717) is 17.1 Å². The molecule has 3 rings (SSSR count). The van der Waals surface area contributed by atoms with Crippen LogP contribution in [-0.2, 0) is 6.54 Å². The molecule has 1 aromatic heterocycles. The van der Waals surface area contributed by atoms with E-state index in [4.69, 9.17) is 5.41 Å². The minimum atomic E-state index is -0.282. The lowest BCUT2D eigenvalue weighted by atomic mass is 10.2. The molecule has 0 fully saturated rings. The second-order valence-corrected chi connectivity index (χ2v) is 5.80. The van der Waals surface area contributed by atoms with Crippen molar-refractivity contribution in [3.8, 4) is 0 Å². The molecule has 108 valence electrons. The summed E-state index contributed by atoms with van der Waals surface area (Å²) in [7, 11) is 0. The van der Waals surface area contributed by atoms with Gasteiger partial charge in [-0.1, -0.05) is 12.1 Å². The molecule has 4 nitrogen and oxygen atoms in total. The topological polar surface area (TPSA) is 60.2 Å². The minimum Gasteiger partial charge on any atom is -0.510 e. The van der Waals surface area contributed by atoms with Crippen LogP contribution in [0, 0.1) is 18.2 Å². The highest BCUT2D eigenvalue weighted by atomic mass is 32.1. The zero-order valence-electron chi connectivity index (χ0n) is 11.4. The number of amidine groups is 1. The van der Waals surface area contributed by atoms with E-state index in [1.54, 1.807) is 17.0 Å². The average Bonchev–Trinajstić information content (AvgIpc) is 2.97. The number of hydrogen-bond acceptors (Lipinski definition) is 4. The first-order valence-corrected chi connectivity index (χ1v) is 7.35. The van der Waals surface area contributed by atoms with Crippen LogP contribution in [0.1, 0.15) is 16.3 Å². The summed E-state index contributed by atoms with van der Waals surface area (Å²) in [6.07, 6.45) is 0. The summed E-state index contributed by atoms with van der Waals surface area (Å²) in [5.41, 5.74) is 2.26. The monoisotopic (exact) mass is 303 g/mol. The molecule has 0 aliphatic carbocycles. The molecule has 21 heavy (non-hydrogen) atoms. The van der Waals surface area contributed by atoms with E-state index in [9.17, 15) is 9.50 Å². The Morgan fingerprint density at radius 3 is 2.71 bits per heavy atom. The number of nitrogens with one attached hydrogen (secondary N) is 1. The maximum Gasteiger partial charge on any atom is 0.135 e. The van der Waals surface area contributed by atoms with Gasteiger partial charge in [0.15, 0.2) is 0 Å². The Morgan fingerprint density at radius 1 is 1.38 bits per heavy atom. The lowest BCUT2D eigenvalue weighted by Gasteiger charge is -2.18. The average molecular weight is 303 g/mol. The van der Waals surface area contributed by atoms with Gasteiger partial charge in [-0.25, -0.2) is 9.37 Å². The maximum atomic E-state index is 12.9. The van der Waals surface area contributed by atoms with Gasteiger partial charge in [0.1, 0.15) is 22.4 Å². The number of aliphatic hydroxyl groups excluding tert-OH is 1. The fourth-order valence-corrected chi connectivity index (χ4v) is 3.14. The Bertz CT molecular complexity index is 721. The lowest BCUT2D eigenvalue weighted by molar-refractivity contribution is 0.347. The Kier molecular flexibility index (Phi) is 3.47. The molecule has 0 bridgehead atoms. The second-order valence-electron chi connectivity index (χ2n) is 4.95. The van der Waals surface area contributed by atoms with E-state index in [0.717, 1.165) is 11.3 Å². The Labute approximate surface area is 125 Å². The molecule has 0 atom stereocenters. The Morgan fingerprint density at radius 2 is 2.10 bits per heavy atom. The zero-order valence-corrected chi connectivity index (χ0v) is 12.2. The first kappa shape index (κ1) is 13.8. The number of aryl methyl sites for hydroxylation is 1. The third-order valence-electron chi connectivity index (χ3n) is 3.30. The predicted octanol–water partition coefficient (Wildman–Crippen LogP) is 3.35. The molecule has 0 saturated heterocycles. The van der Waals surface area contributed by atoms with Gasteiger partial charge in [0.05, 0.1) is 12.1 Å². The van der Waals surface area contributed by atoms with Crippen molar-refractivity contribution >= 4 is 22.7 Å². The number of benzene rings is 1. The summed E-state index contributed by atoms with van der Waals surface area (Å²) in [6.45, 7) is 2.62. The number of aliphatic hydroxyl groups is 1. The van der Waals surface area contributed by atoms with Crippen LogP contribution in [-0.4, -0.2) is 27.4 Å². The van der Waals surface area contributed by atoms with Crippen molar-refractivity contribution < 1.29 is 9.50 Å². The van der Waals surface area contributed by atoms with Crippen LogP contribution in [0.5, 0.6) is 0 Å². The van der Waals surface area contributed by atoms with E-state index < -0.39 is 0 Å². The van der Waals surface area contributed by atoms with Crippen LogP contribution in [0.25, 0.3) is 5.57 Å². The second kappa shape index (κ2) is 5.29. The van der Waals surface area contributed by atoms with Gasteiger partial charge in [-0.15, -0.1) is 11.3 Å². The van der Waals surface area contributed by atoms with Crippen molar-refractivity contribution in [2.45, 2.75) is 13.5 Å². The van der Waals surface area contributed by atoms with Crippen LogP contribution in [0.2, 0.25) is 0 Å². The summed E-state index contributed by atoms with van der Waals surface area (Å²) in [5, 5.41) is 20.9. The number of rotatable bonds is 3. The molecule has 1 aliphatic heterocycles. The molecule has 2 aromatic rings. The number of thiazole rings is 1. The lowest BCUT2D eigenvalue weighted by Crippen LogP contribution is -2.26. The normalized spacial score (nSPS) is 15.1. The predicted molar refractivity (Wildman–Crippen MR) is 80.9 cm³/mol. The summed E-state index contributed by atoms with van der Waals surface area (Å²) < 4.78 is 12.9. The molecule has 1 aliphatic rings. The number of halogens is 1. The van der Waals surface area contributed by atoms with Crippen molar-refractivity contribution in [1.82, 2.24) is 9.88 Å². The van der Waals surface area contributed by atoms with Gasteiger partial charge in [0.2, 0.25) is 0 Å². The van der Waals surface area contributed by atoms with Crippen LogP contribution >= 0.6 is 11.3 Å². The highest BCUT2D eigenvalue weighted by Crippen LogP contribution is 2.30. The molecule has 1 aromatic carbocycles. The smallest absolute Gasteiger partial charge is 0.135 e.